The number of anilines is 1. The lowest BCUT2D eigenvalue weighted by Crippen LogP contribution is -2.46. The molecular formula is C27H42N6O. The molecule has 3 fully saturated rings. The lowest BCUT2D eigenvalue weighted by atomic mass is 10.0. The van der Waals surface area contributed by atoms with Crippen LogP contribution in [0.15, 0.2) is 18.3 Å². The lowest BCUT2D eigenvalue weighted by Gasteiger charge is -2.34. The molecule has 0 spiro atoms. The fourth-order valence-electron chi connectivity index (χ4n) is 5.93. The second-order valence-electron chi connectivity index (χ2n) is 10.6. The summed E-state index contributed by atoms with van der Waals surface area (Å²) in [5.74, 6) is 1.08. The SMILES string of the molecule is Cn1cc(C(=O)NC2CCN(CCN3CCCCC3)CC2)c2ccc(N3CCCCCC3)nc21. The zero-order chi connectivity index (χ0) is 23.3. The van der Waals surface area contributed by atoms with Crippen molar-refractivity contribution in [2.24, 2.45) is 7.05 Å². The van der Waals surface area contributed by atoms with Gasteiger partial charge in [-0.3, -0.25) is 4.79 Å². The van der Waals surface area contributed by atoms with Crippen LogP contribution in [0.1, 0.15) is 68.1 Å². The van der Waals surface area contributed by atoms with Crippen molar-refractivity contribution in [3.05, 3.63) is 23.9 Å². The molecular weight excluding hydrogens is 424 g/mol. The van der Waals surface area contributed by atoms with Crippen LogP contribution < -0.4 is 10.2 Å². The van der Waals surface area contributed by atoms with E-state index >= 15 is 0 Å². The molecule has 7 heteroatoms. The Balaban J connectivity index is 1.16. The van der Waals surface area contributed by atoms with E-state index in [1.807, 2.05) is 17.8 Å². The van der Waals surface area contributed by atoms with Crippen LogP contribution in [0.3, 0.4) is 0 Å². The number of piperidine rings is 2. The van der Waals surface area contributed by atoms with Crippen molar-refractivity contribution in [3.8, 4) is 0 Å². The Bertz CT molecular complexity index is 949. The first kappa shape index (κ1) is 23.6. The largest absolute Gasteiger partial charge is 0.357 e. The summed E-state index contributed by atoms with van der Waals surface area (Å²) in [7, 11) is 2.00. The van der Waals surface area contributed by atoms with Crippen LogP contribution in [-0.2, 0) is 7.05 Å². The number of hydrogen-bond donors (Lipinski definition) is 1. The molecule has 186 valence electrons. The average molecular weight is 467 g/mol. The molecule has 0 saturated carbocycles. The molecule has 34 heavy (non-hydrogen) atoms. The Hall–Kier alpha value is -2.12. The number of aryl methyl sites for hydroxylation is 1. The molecule has 5 rings (SSSR count). The fourth-order valence-corrected chi connectivity index (χ4v) is 5.93. The van der Waals surface area contributed by atoms with Gasteiger partial charge >= 0.3 is 0 Å². The molecule has 0 radical (unpaired) electrons. The van der Waals surface area contributed by atoms with E-state index in [-0.39, 0.29) is 11.9 Å². The van der Waals surface area contributed by atoms with Crippen molar-refractivity contribution >= 4 is 22.8 Å². The Morgan fingerprint density at radius 1 is 0.882 bits per heavy atom. The number of nitrogens with zero attached hydrogens (tertiary/aromatic N) is 5. The number of nitrogens with one attached hydrogen (secondary N) is 1. The zero-order valence-electron chi connectivity index (χ0n) is 21.0. The molecule has 7 nitrogen and oxygen atoms in total. The number of carbonyl (C=O) groups excluding carboxylic acids is 1. The number of amides is 1. The summed E-state index contributed by atoms with van der Waals surface area (Å²) in [6.45, 7) is 9.20. The smallest absolute Gasteiger partial charge is 0.253 e. The number of hydrogen-bond acceptors (Lipinski definition) is 5. The summed E-state index contributed by atoms with van der Waals surface area (Å²) in [6, 6.07) is 4.46. The quantitative estimate of drug-likeness (QED) is 0.705. The van der Waals surface area contributed by atoms with Gasteiger partial charge in [-0.05, 0) is 63.7 Å². The highest BCUT2D eigenvalue weighted by Crippen LogP contribution is 2.25. The van der Waals surface area contributed by atoms with Crippen molar-refractivity contribution in [3.63, 3.8) is 0 Å². The molecule has 0 unspecified atom stereocenters. The van der Waals surface area contributed by atoms with E-state index in [0.717, 1.165) is 68.0 Å². The monoisotopic (exact) mass is 466 g/mol. The maximum atomic E-state index is 13.2. The summed E-state index contributed by atoms with van der Waals surface area (Å²) in [6.07, 6.45) is 13.2. The van der Waals surface area contributed by atoms with E-state index in [4.69, 9.17) is 4.98 Å². The van der Waals surface area contributed by atoms with Crippen molar-refractivity contribution in [1.29, 1.82) is 0 Å². The van der Waals surface area contributed by atoms with Gasteiger partial charge in [-0.25, -0.2) is 4.98 Å². The standard InChI is InChI=1S/C27H42N6O/c1-30-21-24(23-9-10-25(29-26(23)30)33-15-7-2-3-8-16-33)27(34)28-22-11-17-32(18-12-22)20-19-31-13-5-4-6-14-31/h9-10,21-22H,2-8,11-20H2,1H3,(H,28,34). The van der Waals surface area contributed by atoms with Crippen LogP contribution in [0.25, 0.3) is 11.0 Å². The number of fused-ring (bicyclic) bond motifs is 1. The minimum Gasteiger partial charge on any atom is -0.357 e. The maximum absolute atomic E-state index is 13.2. The second kappa shape index (κ2) is 11.1. The molecule has 3 aliphatic rings. The van der Waals surface area contributed by atoms with E-state index in [0.29, 0.717) is 0 Å². The van der Waals surface area contributed by atoms with Crippen molar-refractivity contribution < 1.29 is 4.79 Å². The third kappa shape index (κ3) is 5.57. The molecule has 5 heterocycles. The van der Waals surface area contributed by atoms with Crippen LogP contribution in [0, 0.1) is 0 Å². The Morgan fingerprint density at radius 3 is 2.21 bits per heavy atom. The number of rotatable bonds is 6. The molecule has 1 N–H and O–H groups in total. The highest BCUT2D eigenvalue weighted by Gasteiger charge is 2.24. The maximum Gasteiger partial charge on any atom is 0.253 e. The van der Waals surface area contributed by atoms with Crippen LogP contribution in [0.4, 0.5) is 5.82 Å². The molecule has 2 aromatic rings. The Kier molecular flexibility index (Phi) is 7.70. The molecule has 1 amide bonds. The summed E-state index contributed by atoms with van der Waals surface area (Å²) in [4.78, 5) is 25.7. The van der Waals surface area contributed by atoms with Gasteiger partial charge in [0, 0.05) is 63.9 Å². The van der Waals surface area contributed by atoms with Crippen molar-refractivity contribution in [2.75, 3.05) is 57.3 Å². The van der Waals surface area contributed by atoms with E-state index in [9.17, 15) is 4.79 Å². The van der Waals surface area contributed by atoms with Gasteiger partial charge in [0.15, 0.2) is 0 Å². The number of aromatic nitrogens is 2. The van der Waals surface area contributed by atoms with Gasteiger partial charge in [-0.2, -0.15) is 0 Å². The minimum atomic E-state index is 0.0432. The van der Waals surface area contributed by atoms with Gasteiger partial charge in [0.25, 0.3) is 5.91 Å². The first-order valence-corrected chi connectivity index (χ1v) is 13.6. The van der Waals surface area contributed by atoms with Crippen LogP contribution in [0.2, 0.25) is 0 Å². The first-order valence-electron chi connectivity index (χ1n) is 13.6. The van der Waals surface area contributed by atoms with Crippen molar-refractivity contribution in [1.82, 2.24) is 24.7 Å². The fraction of sp³-hybridized carbons (Fsp3) is 0.704. The van der Waals surface area contributed by atoms with Gasteiger partial charge in [-0.1, -0.05) is 19.3 Å². The van der Waals surface area contributed by atoms with E-state index in [1.165, 1.54) is 64.6 Å². The summed E-state index contributed by atoms with van der Waals surface area (Å²) < 4.78 is 2.01. The molecule has 2 aromatic heterocycles. The second-order valence-corrected chi connectivity index (χ2v) is 10.6. The zero-order valence-corrected chi connectivity index (χ0v) is 21.0. The molecule has 3 saturated heterocycles. The van der Waals surface area contributed by atoms with E-state index in [1.54, 1.807) is 0 Å². The Morgan fingerprint density at radius 2 is 1.50 bits per heavy atom. The topological polar surface area (TPSA) is 56.6 Å². The number of carbonyl (C=O) groups is 1. The number of likely N-dealkylation sites (tertiary alicyclic amines) is 2. The normalized spacial score (nSPS) is 21.6. The summed E-state index contributed by atoms with van der Waals surface area (Å²) in [5.41, 5.74) is 1.65. The van der Waals surface area contributed by atoms with Crippen LogP contribution in [-0.4, -0.2) is 83.7 Å². The summed E-state index contributed by atoms with van der Waals surface area (Å²) >= 11 is 0. The van der Waals surface area contributed by atoms with Gasteiger partial charge in [0.05, 0.1) is 5.56 Å². The first-order chi connectivity index (χ1) is 16.7. The minimum absolute atomic E-state index is 0.0432. The van der Waals surface area contributed by atoms with Gasteiger partial charge in [0.2, 0.25) is 0 Å². The van der Waals surface area contributed by atoms with Gasteiger partial charge in [-0.15, -0.1) is 0 Å². The average Bonchev–Trinajstić information content (AvgIpc) is 3.03. The predicted molar refractivity (Wildman–Crippen MR) is 139 cm³/mol. The van der Waals surface area contributed by atoms with E-state index < -0.39 is 0 Å². The third-order valence-electron chi connectivity index (χ3n) is 8.09. The number of pyridine rings is 1. The Labute approximate surface area is 204 Å². The van der Waals surface area contributed by atoms with Crippen LogP contribution in [0.5, 0.6) is 0 Å². The molecule has 0 atom stereocenters. The highest BCUT2D eigenvalue weighted by molar-refractivity contribution is 6.06. The highest BCUT2D eigenvalue weighted by atomic mass is 16.1. The van der Waals surface area contributed by atoms with E-state index in [2.05, 4.69) is 32.1 Å². The molecule has 0 aromatic carbocycles. The predicted octanol–water partition coefficient (Wildman–Crippen LogP) is 3.63. The lowest BCUT2D eigenvalue weighted by molar-refractivity contribution is 0.0906. The van der Waals surface area contributed by atoms with Crippen LogP contribution >= 0.6 is 0 Å². The van der Waals surface area contributed by atoms with Gasteiger partial charge in [0.1, 0.15) is 11.5 Å². The third-order valence-corrected chi connectivity index (χ3v) is 8.09. The molecule has 0 aliphatic carbocycles. The summed E-state index contributed by atoms with van der Waals surface area (Å²) in [5, 5.41) is 4.28. The molecule has 3 aliphatic heterocycles. The van der Waals surface area contributed by atoms with Crippen molar-refractivity contribution in [2.45, 2.75) is 63.8 Å². The molecule has 0 bridgehead atoms. The van der Waals surface area contributed by atoms with Gasteiger partial charge < -0.3 is 24.6 Å².